The number of hydrogen-bond acceptors (Lipinski definition) is 7. The number of imide groups is 1. The number of aromatic nitrogens is 1. The van der Waals surface area contributed by atoms with Crippen LogP contribution in [0.2, 0.25) is 0 Å². The lowest BCUT2D eigenvalue weighted by Gasteiger charge is -2.08. The molecule has 0 bridgehead atoms. The lowest BCUT2D eigenvalue weighted by Crippen LogP contribution is -2.25. The molecule has 8 heteroatoms. The summed E-state index contributed by atoms with van der Waals surface area (Å²) in [6, 6.07) is 19.2. The van der Waals surface area contributed by atoms with E-state index in [1.54, 1.807) is 6.21 Å². The maximum absolute atomic E-state index is 11.6. The molecule has 0 aliphatic carbocycles. The van der Waals surface area contributed by atoms with Gasteiger partial charge in [0.2, 0.25) is 5.91 Å². The number of hydrogen-bond donors (Lipinski definition) is 1. The summed E-state index contributed by atoms with van der Waals surface area (Å²) in [5.74, 6) is 0.462. The first-order chi connectivity index (χ1) is 14.7. The van der Waals surface area contributed by atoms with Crippen LogP contribution in [-0.4, -0.2) is 40.8 Å². The highest BCUT2D eigenvalue weighted by Gasteiger charge is 2.31. The summed E-state index contributed by atoms with van der Waals surface area (Å²) in [4.78, 5) is 32.6. The molecule has 1 N–H and O–H groups in total. The van der Waals surface area contributed by atoms with Crippen molar-refractivity contribution in [1.29, 1.82) is 0 Å². The largest absolute Gasteiger partial charge is 0.490 e. The summed E-state index contributed by atoms with van der Waals surface area (Å²) < 4.78 is 5.63. The molecule has 0 spiro atoms. The summed E-state index contributed by atoms with van der Waals surface area (Å²) >= 11 is 1.03. The van der Waals surface area contributed by atoms with Gasteiger partial charge in [-0.05, 0) is 36.2 Å². The Morgan fingerprint density at radius 2 is 1.87 bits per heavy atom. The minimum atomic E-state index is -0.368. The maximum atomic E-state index is 11.6. The molecule has 152 valence electrons. The van der Waals surface area contributed by atoms with Gasteiger partial charge < -0.3 is 9.57 Å². The summed E-state index contributed by atoms with van der Waals surface area (Å²) in [6.07, 6.45) is 2.08. The fourth-order valence-electron chi connectivity index (χ4n) is 2.96. The fourth-order valence-corrected chi connectivity index (χ4v) is 3.82. The third-order valence-corrected chi connectivity index (χ3v) is 5.42. The Bertz CT molecular complexity index is 1090. The van der Waals surface area contributed by atoms with Crippen molar-refractivity contribution in [1.82, 2.24) is 10.3 Å². The van der Waals surface area contributed by atoms with Gasteiger partial charge >= 0.3 is 0 Å². The van der Waals surface area contributed by atoms with Gasteiger partial charge in [-0.2, -0.15) is 0 Å². The Morgan fingerprint density at radius 3 is 2.67 bits per heavy atom. The number of carbonyl (C=O) groups is 2. The summed E-state index contributed by atoms with van der Waals surface area (Å²) in [5, 5.41) is 6.64. The number of para-hydroxylation sites is 1. The molecule has 1 aromatic heterocycles. The zero-order chi connectivity index (χ0) is 20.8. The van der Waals surface area contributed by atoms with Crippen molar-refractivity contribution in [2.45, 2.75) is 11.7 Å². The summed E-state index contributed by atoms with van der Waals surface area (Å²) in [5.41, 5.74) is 2.60. The normalized spacial score (nSPS) is 16.2. The molecule has 4 rings (SSSR count). The predicted octanol–water partition coefficient (Wildman–Crippen LogP) is 3.56. The van der Waals surface area contributed by atoms with Crippen LogP contribution in [0.5, 0.6) is 5.75 Å². The smallest absolute Gasteiger partial charge is 0.286 e. The van der Waals surface area contributed by atoms with Crippen molar-refractivity contribution in [2.75, 3.05) is 13.2 Å². The molecule has 1 unspecified atom stereocenters. The highest BCUT2D eigenvalue weighted by Crippen LogP contribution is 2.23. The Labute approximate surface area is 177 Å². The molecule has 1 fully saturated rings. The van der Waals surface area contributed by atoms with E-state index in [9.17, 15) is 9.59 Å². The van der Waals surface area contributed by atoms with Gasteiger partial charge in [-0.15, -0.1) is 0 Å². The third-order valence-electron chi connectivity index (χ3n) is 4.43. The van der Waals surface area contributed by atoms with Crippen LogP contribution in [0.1, 0.15) is 11.3 Å². The zero-order valence-electron chi connectivity index (χ0n) is 16.0. The molecule has 0 radical (unpaired) electrons. The lowest BCUT2D eigenvalue weighted by atomic mass is 10.1. The van der Waals surface area contributed by atoms with Gasteiger partial charge in [-0.3, -0.25) is 14.9 Å². The van der Waals surface area contributed by atoms with Crippen LogP contribution in [0.3, 0.4) is 0 Å². The molecular formula is C22H19N3O4S. The number of pyridine rings is 1. The van der Waals surface area contributed by atoms with Gasteiger partial charge in [0.1, 0.15) is 12.4 Å². The SMILES string of the molecule is O=C1NC(=O)C(Cc2ccc(OCCO/N=C\c3ccc4ccccc4n3)cc2)S1. The van der Waals surface area contributed by atoms with E-state index in [0.29, 0.717) is 25.4 Å². The van der Waals surface area contributed by atoms with Gasteiger partial charge in [0.05, 0.1) is 22.7 Å². The standard InChI is InChI=1S/C22H19N3O4S/c26-21-20(30-22(27)25-21)13-15-5-9-18(10-6-15)28-11-12-29-23-14-17-8-7-16-3-1-2-4-19(16)24-17/h1-10,14,20H,11-13H2,(H,25,26,27)/b23-14-. The fraction of sp³-hybridized carbons (Fsp3) is 0.182. The van der Waals surface area contributed by atoms with Crippen molar-refractivity contribution >= 4 is 40.0 Å². The number of benzene rings is 2. The van der Waals surface area contributed by atoms with Crippen LogP contribution in [0.15, 0.2) is 65.8 Å². The van der Waals surface area contributed by atoms with E-state index in [2.05, 4.69) is 15.5 Å². The number of carbonyl (C=O) groups excluding carboxylic acids is 2. The molecule has 2 aromatic carbocycles. The number of thioether (sulfide) groups is 1. The second-order valence-electron chi connectivity index (χ2n) is 6.58. The molecule has 1 saturated heterocycles. The van der Waals surface area contributed by atoms with E-state index in [1.807, 2.05) is 60.7 Å². The second-order valence-corrected chi connectivity index (χ2v) is 7.75. The van der Waals surface area contributed by atoms with Crippen LogP contribution in [-0.2, 0) is 16.1 Å². The quantitative estimate of drug-likeness (QED) is 0.340. The summed E-state index contributed by atoms with van der Waals surface area (Å²) in [6.45, 7) is 0.643. The van der Waals surface area contributed by atoms with Crippen LogP contribution < -0.4 is 10.1 Å². The second kappa shape index (κ2) is 9.41. The van der Waals surface area contributed by atoms with Gasteiger partial charge in [0.15, 0.2) is 6.61 Å². The molecule has 2 heterocycles. The molecule has 1 aliphatic heterocycles. The number of nitrogens with zero attached hydrogens (tertiary/aromatic N) is 2. The van der Waals surface area contributed by atoms with Crippen molar-refractivity contribution < 1.29 is 19.2 Å². The predicted molar refractivity (Wildman–Crippen MR) is 116 cm³/mol. The van der Waals surface area contributed by atoms with Crippen molar-refractivity contribution in [2.24, 2.45) is 5.16 Å². The van der Waals surface area contributed by atoms with E-state index in [1.165, 1.54) is 0 Å². The molecule has 30 heavy (non-hydrogen) atoms. The number of fused-ring (bicyclic) bond motifs is 1. The molecule has 3 aromatic rings. The number of rotatable bonds is 8. The Kier molecular flexibility index (Phi) is 6.24. The zero-order valence-corrected chi connectivity index (χ0v) is 16.8. The van der Waals surface area contributed by atoms with Crippen LogP contribution >= 0.6 is 11.8 Å². The molecule has 1 atom stereocenters. The van der Waals surface area contributed by atoms with Gasteiger partial charge in [0, 0.05) is 5.39 Å². The molecule has 0 saturated carbocycles. The van der Waals surface area contributed by atoms with E-state index < -0.39 is 0 Å². The number of ether oxygens (including phenoxy) is 1. The average molecular weight is 421 g/mol. The molecule has 1 aliphatic rings. The first-order valence-electron chi connectivity index (χ1n) is 9.42. The highest BCUT2D eigenvalue weighted by atomic mass is 32.2. The Morgan fingerprint density at radius 1 is 1.03 bits per heavy atom. The maximum Gasteiger partial charge on any atom is 0.286 e. The average Bonchev–Trinajstić information content (AvgIpc) is 3.08. The highest BCUT2D eigenvalue weighted by molar-refractivity contribution is 8.15. The van der Waals surface area contributed by atoms with Crippen molar-refractivity contribution in [3.63, 3.8) is 0 Å². The Hall–Kier alpha value is -3.39. The Balaban J connectivity index is 1.19. The topological polar surface area (TPSA) is 89.9 Å². The van der Waals surface area contributed by atoms with Gasteiger partial charge in [-0.1, -0.05) is 53.3 Å². The first kappa shape index (κ1) is 19.9. The van der Waals surface area contributed by atoms with Crippen LogP contribution in [0.4, 0.5) is 4.79 Å². The van der Waals surface area contributed by atoms with Crippen molar-refractivity contribution in [3.8, 4) is 5.75 Å². The van der Waals surface area contributed by atoms with E-state index >= 15 is 0 Å². The number of nitrogens with one attached hydrogen (secondary N) is 1. The van der Waals surface area contributed by atoms with Crippen molar-refractivity contribution in [3.05, 3.63) is 71.9 Å². The summed E-state index contributed by atoms with van der Waals surface area (Å²) in [7, 11) is 0. The van der Waals surface area contributed by atoms with E-state index in [0.717, 1.165) is 33.9 Å². The first-order valence-corrected chi connectivity index (χ1v) is 10.3. The minimum Gasteiger partial charge on any atom is -0.490 e. The van der Waals surface area contributed by atoms with Crippen LogP contribution in [0, 0.1) is 0 Å². The van der Waals surface area contributed by atoms with E-state index in [4.69, 9.17) is 9.57 Å². The molecule has 2 amide bonds. The van der Waals surface area contributed by atoms with Gasteiger partial charge in [-0.25, -0.2) is 4.98 Å². The number of amides is 2. The number of oxime groups is 1. The molecule has 7 nitrogen and oxygen atoms in total. The van der Waals surface area contributed by atoms with Crippen LogP contribution in [0.25, 0.3) is 10.9 Å². The minimum absolute atomic E-state index is 0.234. The third kappa shape index (κ3) is 5.15. The molecular weight excluding hydrogens is 402 g/mol. The monoisotopic (exact) mass is 421 g/mol. The van der Waals surface area contributed by atoms with E-state index in [-0.39, 0.29) is 16.4 Å². The van der Waals surface area contributed by atoms with Gasteiger partial charge in [0.25, 0.3) is 5.24 Å². The lowest BCUT2D eigenvalue weighted by molar-refractivity contribution is -0.118.